The second kappa shape index (κ2) is 15.6. The van der Waals surface area contributed by atoms with E-state index in [1.807, 2.05) is 30.3 Å². The van der Waals surface area contributed by atoms with Gasteiger partial charge in [-0.1, -0.05) is 59.3 Å². The van der Waals surface area contributed by atoms with Crippen LogP contribution in [0.5, 0.6) is 5.75 Å². The van der Waals surface area contributed by atoms with Crippen LogP contribution in [0.15, 0.2) is 83.3 Å². The van der Waals surface area contributed by atoms with Crippen molar-refractivity contribution in [2.75, 3.05) is 30.5 Å². The summed E-state index contributed by atoms with van der Waals surface area (Å²) in [6.45, 7) is 8.25. The average Bonchev–Trinajstić information content (AvgIpc) is 3.21. The SMILES string of the molecule is CC[C@@H](C(=O)N[C@H]1CN(C(=O)c2ccc(C(C)=O)cc2)c2ccccc2N(Cc2c(OC)ccc3cc(Br)ccc23)C1=O)N(C)C(=O)OC(C)(C)C. The number of amides is 4. The van der Waals surface area contributed by atoms with Crippen LogP contribution in [0, 0.1) is 0 Å². The Hall–Kier alpha value is -5.23. The Balaban J connectivity index is 1.61. The van der Waals surface area contributed by atoms with Crippen LogP contribution in [0.2, 0.25) is 0 Å². The van der Waals surface area contributed by atoms with E-state index in [9.17, 15) is 24.0 Å². The van der Waals surface area contributed by atoms with Gasteiger partial charge in [0, 0.05) is 28.2 Å². The molecule has 272 valence electrons. The minimum Gasteiger partial charge on any atom is -0.496 e. The maximum Gasteiger partial charge on any atom is 0.410 e. The second-order valence-corrected chi connectivity index (χ2v) is 14.6. The number of carbonyl (C=O) groups is 5. The smallest absolute Gasteiger partial charge is 0.410 e. The molecule has 4 aromatic rings. The molecular formula is C40H43BrN4O7. The van der Waals surface area contributed by atoms with E-state index in [0.717, 1.165) is 20.8 Å². The number of halogens is 1. The third-order valence-electron chi connectivity index (χ3n) is 8.92. The van der Waals surface area contributed by atoms with Crippen molar-refractivity contribution in [1.82, 2.24) is 10.2 Å². The van der Waals surface area contributed by atoms with E-state index in [0.29, 0.717) is 28.3 Å². The topological polar surface area (TPSA) is 126 Å². The Morgan fingerprint density at radius 2 is 1.62 bits per heavy atom. The van der Waals surface area contributed by atoms with E-state index in [2.05, 4.69) is 21.2 Å². The number of carbonyl (C=O) groups excluding carboxylic acids is 5. The molecule has 4 aromatic carbocycles. The van der Waals surface area contributed by atoms with Crippen molar-refractivity contribution in [3.8, 4) is 5.75 Å². The van der Waals surface area contributed by atoms with Crippen molar-refractivity contribution >= 4 is 67.7 Å². The second-order valence-electron chi connectivity index (χ2n) is 13.7. The van der Waals surface area contributed by atoms with E-state index < -0.39 is 41.5 Å². The molecule has 0 saturated carbocycles. The Labute approximate surface area is 312 Å². The molecule has 0 aliphatic carbocycles. The number of Topliss-reactive ketones (excluding diaryl/α,β-unsaturated/α-hetero) is 1. The van der Waals surface area contributed by atoms with Gasteiger partial charge >= 0.3 is 6.09 Å². The quantitative estimate of drug-likeness (QED) is 0.180. The Morgan fingerprint density at radius 1 is 0.962 bits per heavy atom. The lowest BCUT2D eigenvalue weighted by Gasteiger charge is -2.31. The van der Waals surface area contributed by atoms with Gasteiger partial charge in [-0.3, -0.25) is 24.1 Å². The van der Waals surface area contributed by atoms with Gasteiger partial charge in [-0.25, -0.2) is 4.79 Å². The minimum absolute atomic E-state index is 0.0503. The predicted molar refractivity (Wildman–Crippen MR) is 204 cm³/mol. The van der Waals surface area contributed by atoms with Crippen molar-refractivity contribution in [1.29, 1.82) is 0 Å². The van der Waals surface area contributed by atoms with Crippen molar-refractivity contribution in [2.24, 2.45) is 0 Å². The largest absolute Gasteiger partial charge is 0.496 e. The highest BCUT2D eigenvalue weighted by Gasteiger charge is 2.39. The first-order chi connectivity index (χ1) is 24.6. The van der Waals surface area contributed by atoms with Gasteiger partial charge in [0.15, 0.2) is 5.78 Å². The number of likely N-dealkylation sites (N-methyl/N-ethyl adjacent to an activating group) is 1. The molecule has 0 bridgehead atoms. The molecule has 1 aliphatic heterocycles. The first-order valence-corrected chi connectivity index (χ1v) is 17.8. The van der Waals surface area contributed by atoms with E-state index in [-0.39, 0.29) is 25.3 Å². The summed E-state index contributed by atoms with van der Waals surface area (Å²) in [6.07, 6.45) is -0.448. The van der Waals surface area contributed by atoms with Crippen LogP contribution >= 0.6 is 15.9 Å². The molecule has 52 heavy (non-hydrogen) atoms. The van der Waals surface area contributed by atoms with Gasteiger partial charge < -0.3 is 24.6 Å². The summed E-state index contributed by atoms with van der Waals surface area (Å²) in [5.74, 6) is -1.04. The van der Waals surface area contributed by atoms with Crippen molar-refractivity contribution < 1.29 is 33.4 Å². The third kappa shape index (κ3) is 8.12. The maximum atomic E-state index is 14.8. The highest BCUT2D eigenvalue weighted by molar-refractivity contribution is 9.10. The number of rotatable bonds is 9. The lowest BCUT2D eigenvalue weighted by molar-refractivity contribution is -0.130. The zero-order valence-electron chi connectivity index (χ0n) is 30.4. The van der Waals surface area contributed by atoms with E-state index in [1.165, 1.54) is 23.8 Å². The van der Waals surface area contributed by atoms with Crippen LogP contribution in [-0.4, -0.2) is 72.9 Å². The standard InChI is InChI=1S/C40H43BrN4O7/c1-8-32(43(6)39(50)52-40(3,4)5)36(47)42-31-23-45(37(48)26-15-13-25(14-16-26)24(2)46)34-12-10-9-11-33(34)44(38(31)49)22-30-29-19-18-28(41)21-27(29)17-20-35(30)51-7/h9-21,31-32H,8,22-23H2,1-7H3,(H,42,47)/t31-,32-/m0/s1. The number of nitrogens with zero attached hydrogens (tertiary/aromatic N) is 3. The first-order valence-electron chi connectivity index (χ1n) is 17.0. The number of hydrogen-bond acceptors (Lipinski definition) is 7. The van der Waals surface area contributed by atoms with Gasteiger partial charge in [-0.05, 0) is 87.4 Å². The fourth-order valence-corrected chi connectivity index (χ4v) is 6.65. The van der Waals surface area contributed by atoms with Crippen LogP contribution in [0.25, 0.3) is 10.8 Å². The van der Waals surface area contributed by atoms with E-state index in [4.69, 9.17) is 9.47 Å². The molecule has 5 rings (SSSR count). The van der Waals surface area contributed by atoms with Crippen LogP contribution in [0.3, 0.4) is 0 Å². The summed E-state index contributed by atoms with van der Waals surface area (Å²) < 4.78 is 12.2. The molecule has 1 heterocycles. The van der Waals surface area contributed by atoms with Gasteiger partial charge in [0.05, 0.1) is 31.6 Å². The number of ether oxygens (including phenoxy) is 2. The molecule has 0 spiro atoms. The zero-order valence-corrected chi connectivity index (χ0v) is 31.9. The zero-order chi connectivity index (χ0) is 37.9. The van der Waals surface area contributed by atoms with Gasteiger partial charge in [-0.2, -0.15) is 0 Å². The highest BCUT2D eigenvalue weighted by atomic mass is 79.9. The van der Waals surface area contributed by atoms with Crippen LogP contribution in [-0.2, 0) is 20.9 Å². The Bertz CT molecular complexity index is 2020. The summed E-state index contributed by atoms with van der Waals surface area (Å²) in [5.41, 5.74) is 1.60. The molecule has 1 aliphatic rings. The molecule has 2 atom stereocenters. The number of anilines is 2. The van der Waals surface area contributed by atoms with Crippen LogP contribution in [0.1, 0.15) is 67.3 Å². The van der Waals surface area contributed by atoms with E-state index in [1.54, 1.807) is 88.2 Å². The van der Waals surface area contributed by atoms with Gasteiger partial charge in [-0.15, -0.1) is 0 Å². The lowest BCUT2D eigenvalue weighted by Crippen LogP contribution is -2.57. The van der Waals surface area contributed by atoms with Crippen molar-refractivity contribution in [2.45, 2.75) is 65.3 Å². The van der Waals surface area contributed by atoms with E-state index >= 15 is 0 Å². The minimum atomic E-state index is -1.23. The number of para-hydroxylation sites is 2. The molecule has 12 heteroatoms. The monoisotopic (exact) mass is 770 g/mol. The molecule has 0 unspecified atom stereocenters. The molecule has 0 aromatic heterocycles. The van der Waals surface area contributed by atoms with Crippen LogP contribution < -0.4 is 19.9 Å². The number of nitrogens with one attached hydrogen (secondary N) is 1. The summed E-state index contributed by atoms with van der Waals surface area (Å²) in [5, 5.41) is 4.67. The fourth-order valence-electron chi connectivity index (χ4n) is 6.27. The summed E-state index contributed by atoms with van der Waals surface area (Å²) >= 11 is 3.54. The van der Waals surface area contributed by atoms with Crippen molar-refractivity contribution in [3.63, 3.8) is 0 Å². The van der Waals surface area contributed by atoms with Gasteiger partial charge in [0.25, 0.3) is 11.8 Å². The first kappa shape index (κ1) is 38.0. The molecule has 0 radical (unpaired) electrons. The fraction of sp³-hybridized carbons (Fsp3) is 0.325. The average molecular weight is 772 g/mol. The van der Waals surface area contributed by atoms with Crippen molar-refractivity contribution in [3.05, 3.63) is 100 Å². The lowest BCUT2D eigenvalue weighted by atomic mass is 10.0. The number of benzene rings is 4. The molecular weight excluding hydrogens is 728 g/mol. The maximum absolute atomic E-state index is 14.8. The van der Waals surface area contributed by atoms with Gasteiger partial charge in [0.1, 0.15) is 23.4 Å². The predicted octanol–water partition coefficient (Wildman–Crippen LogP) is 7.14. The highest BCUT2D eigenvalue weighted by Crippen LogP contribution is 2.38. The molecule has 0 fully saturated rings. The summed E-state index contributed by atoms with van der Waals surface area (Å²) in [6, 6.07) is 20.8. The Morgan fingerprint density at radius 3 is 2.23 bits per heavy atom. The molecule has 1 N–H and O–H groups in total. The molecule has 11 nitrogen and oxygen atoms in total. The Kier molecular flexibility index (Phi) is 11.4. The number of methoxy groups -OCH3 is 1. The van der Waals surface area contributed by atoms with Gasteiger partial charge in [0.2, 0.25) is 5.91 Å². The number of hydrogen-bond donors (Lipinski definition) is 1. The molecule has 4 amide bonds. The summed E-state index contributed by atoms with van der Waals surface area (Å²) in [4.78, 5) is 72.4. The molecule has 0 saturated heterocycles. The number of fused-ring (bicyclic) bond motifs is 2. The third-order valence-corrected chi connectivity index (χ3v) is 9.41. The van der Waals surface area contributed by atoms with Crippen LogP contribution in [0.4, 0.5) is 16.2 Å². The summed E-state index contributed by atoms with van der Waals surface area (Å²) in [7, 11) is 3.04. The normalized spacial score (nSPS) is 15.0. The number of ketones is 1.